The first-order valence-electron chi connectivity index (χ1n) is 6.92. The summed E-state index contributed by atoms with van der Waals surface area (Å²) in [5.74, 6) is 0.325. The molecule has 6 heteroatoms. The summed E-state index contributed by atoms with van der Waals surface area (Å²) in [5, 5.41) is 5.44. The number of rotatable bonds is 6. The van der Waals surface area contributed by atoms with Crippen LogP contribution in [0.15, 0.2) is 41.0 Å². The van der Waals surface area contributed by atoms with Gasteiger partial charge in [0.25, 0.3) is 0 Å². The number of ether oxygens (including phenoxy) is 1. The predicted molar refractivity (Wildman–Crippen MR) is 79.8 cm³/mol. The van der Waals surface area contributed by atoms with Crippen LogP contribution in [0.25, 0.3) is 0 Å². The molecule has 5 nitrogen and oxygen atoms in total. The van der Waals surface area contributed by atoms with Gasteiger partial charge in [-0.15, -0.1) is 0 Å². The maximum atomic E-state index is 13.4. The van der Waals surface area contributed by atoms with Crippen molar-refractivity contribution in [3.63, 3.8) is 0 Å². The second-order valence-electron chi connectivity index (χ2n) is 4.93. The molecule has 0 bridgehead atoms. The van der Waals surface area contributed by atoms with E-state index in [4.69, 9.17) is 9.15 Å². The molecule has 0 spiro atoms. The fraction of sp³-hybridized carbons (Fsp3) is 0.312. The SMILES string of the molecule is COC[C@H](NC(=O)NCc1ccc(C)c(F)c1)c1ccco1. The van der Waals surface area contributed by atoms with Crippen molar-refractivity contribution in [2.45, 2.75) is 19.5 Å². The fourth-order valence-electron chi connectivity index (χ4n) is 1.99. The van der Waals surface area contributed by atoms with Crippen molar-refractivity contribution in [1.82, 2.24) is 10.6 Å². The van der Waals surface area contributed by atoms with Crippen molar-refractivity contribution in [2.75, 3.05) is 13.7 Å². The fourth-order valence-corrected chi connectivity index (χ4v) is 1.99. The summed E-state index contributed by atoms with van der Waals surface area (Å²) in [7, 11) is 1.55. The molecule has 1 heterocycles. The molecule has 0 radical (unpaired) electrons. The van der Waals surface area contributed by atoms with Crippen LogP contribution in [0.1, 0.15) is 22.9 Å². The van der Waals surface area contributed by atoms with Crippen LogP contribution in [0.5, 0.6) is 0 Å². The van der Waals surface area contributed by atoms with E-state index >= 15 is 0 Å². The Kier molecular flexibility index (Phi) is 5.55. The molecule has 0 saturated carbocycles. The summed E-state index contributed by atoms with van der Waals surface area (Å²) < 4.78 is 23.8. The lowest BCUT2D eigenvalue weighted by atomic mass is 10.1. The van der Waals surface area contributed by atoms with Gasteiger partial charge in [-0.25, -0.2) is 9.18 Å². The number of amides is 2. The highest BCUT2D eigenvalue weighted by Crippen LogP contribution is 2.13. The maximum absolute atomic E-state index is 13.4. The molecule has 2 aromatic rings. The number of urea groups is 1. The summed E-state index contributed by atoms with van der Waals surface area (Å²) >= 11 is 0. The number of carbonyl (C=O) groups excluding carboxylic acids is 1. The molecule has 0 aliphatic heterocycles. The van der Waals surface area contributed by atoms with E-state index in [1.807, 2.05) is 0 Å². The number of benzene rings is 1. The number of nitrogens with one attached hydrogen (secondary N) is 2. The first kappa shape index (κ1) is 16.0. The average molecular weight is 306 g/mol. The minimum absolute atomic E-state index is 0.237. The molecule has 1 aromatic carbocycles. The number of hydrogen-bond donors (Lipinski definition) is 2. The quantitative estimate of drug-likeness (QED) is 0.862. The van der Waals surface area contributed by atoms with E-state index in [1.54, 1.807) is 38.3 Å². The summed E-state index contributed by atoms with van der Waals surface area (Å²) in [6.45, 7) is 2.22. The molecule has 0 aliphatic rings. The predicted octanol–water partition coefficient (Wildman–Crippen LogP) is 2.91. The zero-order valence-corrected chi connectivity index (χ0v) is 12.6. The van der Waals surface area contributed by atoms with Crippen LogP contribution in [0, 0.1) is 12.7 Å². The molecular weight excluding hydrogens is 287 g/mol. The number of carbonyl (C=O) groups is 1. The molecule has 2 N–H and O–H groups in total. The first-order chi connectivity index (χ1) is 10.6. The van der Waals surface area contributed by atoms with Gasteiger partial charge in [0, 0.05) is 13.7 Å². The Bertz CT molecular complexity index is 614. The van der Waals surface area contributed by atoms with Gasteiger partial charge >= 0.3 is 6.03 Å². The van der Waals surface area contributed by atoms with Crippen LogP contribution in [0.3, 0.4) is 0 Å². The average Bonchev–Trinajstić information content (AvgIpc) is 3.02. The van der Waals surface area contributed by atoms with Crippen LogP contribution < -0.4 is 10.6 Å². The van der Waals surface area contributed by atoms with Gasteiger partial charge in [-0.3, -0.25) is 0 Å². The van der Waals surface area contributed by atoms with Gasteiger partial charge in [-0.05, 0) is 36.2 Å². The van der Waals surface area contributed by atoms with Crippen molar-refractivity contribution in [2.24, 2.45) is 0 Å². The zero-order valence-electron chi connectivity index (χ0n) is 12.6. The van der Waals surface area contributed by atoms with Crippen molar-refractivity contribution in [3.05, 3.63) is 59.3 Å². The van der Waals surface area contributed by atoms with Gasteiger partial charge in [0.2, 0.25) is 0 Å². The maximum Gasteiger partial charge on any atom is 0.315 e. The molecule has 22 heavy (non-hydrogen) atoms. The minimum atomic E-state index is -0.380. The third kappa shape index (κ3) is 4.33. The molecular formula is C16H19FN2O3. The normalized spacial score (nSPS) is 12.0. The first-order valence-corrected chi connectivity index (χ1v) is 6.92. The van der Waals surface area contributed by atoms with Crippen LogP contribution in [0.4, 0.5) is 9.18 Å². The highest BCUT2D eigenvalue weighted by Gasteiger charge is 2.16. The molecule has 1 aromatic heterocycles. The lowest BCUT2D eigenvalue weighted by Gasteiger charge is -2.16. The number of hydrogen-bond acceptors (Lipinski definition) is 3. The van der Waals surface area contributed by atoms with Crippen LogP contribution in [-0.4, -0.2) is 19.7 Å². The second-order valence-corrected chi connectivity index (χ2v) is 4.93. The Morgan fingerprint density at radius 3 is 2.86 bits per heavy atom. The highest BCUT2D eigenvalue weighted by molar-refractivity contribution is 5.74. The van der Waals surface area contributed by atoms with Crippen LogP contribution in [-0.2, 0) is 11.3 Å². The Balaban J connectivity index is 1.89. The molecule has 1 atom stereocenters. The lowest BCUT2D eigenvalue weighted by molar-refractivity contribution is 0.157. The third-order valence-electron chi connectivity index (χ3n) is 3.21. The highest BCUT2D eigenvalue weighted by atomic mass is 19.1. The van der Waals surface area contributed by atoms with Crippen molar-refractivity contribution < 1.29 is 18.3 Å². The van der Waals surface area contributed by atoms with Gasteiger partial charge in [0.15, 0.2) is 0 Å². The molecule has 2 rings (SSSR count). The van der Waals surface area contributed by atoms with E-state index in [-0.39, 0.29) is 24.4 Å². The number of aryl methyl sites for hydroxylation is 1. The van der Waals surface area contributed by atoms with E-state index < -0.39 is 0 Å². The number of furan rings is 1. The van der Waals surface area contributed by atoms with E-state index in [1.165, 1.54) is 12.3 Å². The van der Waals surface area contributed by atoms with Crippen LogP contribution in [0.2, 0.25) is 0 Å². The number of methoxy groups -OCH3 is 1. The van der Waals surface area contributed by atoms with E-state index in [0.717, 1.165) is 0 Å². The van der Waals surface area contributed by atoms with Crippen molar-refractivity contribution in [1.29, 1.82) is 0 Å². The molecule has 0 aliphatic carbocycles. The topological polar surface area (TPSA) is 63.5 Å². The number of halogens is 1. The van der Waals surface area contributed by atoms with E-state index in [2.05, 4.69) is 10.6 Å². The summed E-state index contributed by atoms with van der Waals surface area (Å²) in [4.78, 5) is 11.9. The summed E-state index contributed by atoms with van der Waals surface area (Å²) in [6, 6.07) is 7.62. The lowest BCUT2D eigenvalue weighted by Crippen LogP contribution is -2.39. The Morgan fingerprint density at radius 2 is 2.23 bits per heavy atom. The molecule has 118 valence electrons. The Morgan fingerprint density at radius 1 is 1.41 bits per heavy atom. The second kappa shape index (κ2) is 7.61. The molecule has 2 amide bonds. The Hall–Kier alpha value is -2.34. The minimum Gasteiger partial charge on any atom is -0.467 e. The molecule has 0 unspecified atom stereocenters. The largest absolute Gasteiger partial charge is 0.467 e. The summed E-state index contributed by atoms with van der Waals surface area (Å²) in [5.41, 5.74) is 1.27. The molecule has 0 fully saturated rings. The smallest absolute Gasteiger partial charge is 0.315 e. The van der Waals surface area contributed by atoms with Gasteiger partial charge in [0.05, 0.1) is 12.9 Å². The zero-order chi connectivity index (χ0) is 15.9. The summed E-state index contributed by atoms with van der Waals surface area (Å²) in [6.07, 6.45) is 1.53. The van der Waals surface area contributed by atoms with Gasteiger partial charge in [-0.2, -0.15) is 0 Å². The van der Waals surface area contributed by atoms with Crippen molar-refractivity contribution in [3.8, 4) is 0 Å². The third-order valence-corrected chi connectivity index (χ3v) is 3.21. The van der Waals surface area contributed by atoms with Crippen molar-refractivity contribution >= 4 is 6.03 Å². The van der Waals surface area contributed by atoms with Gasteiger partial charge < -0.3 is 19.8 Å². The monoisotopic (exact) mass is 306 g/mol. The van der Waals surface area contributed by atoms with E-state index in [9.17, 15) is 9.18 Å². The van der Waals surface area contributed by atoms with Gasteiger partial charge in [-0.1, -0.05) is 12.1 Å². The molecule has 0 saturated heterocycles. The Labute approximate surface area is 128 Å². The standard InChI is InChI=1S/C16H19FN2O3/c1-11-5-6-12(8-13(11)17)9-18-16(20)19-14(10-21-2)15-4-3-7-22-15/h3-8,14H,9-10H2,1-2H3,(H2,18,19,20)/t14-/m0/s1. The van der Waals surface area contributed by atoms with Gasteiger partial charge in [0.1, 0.15) is 17.6 Å². The van der Waals surface area contributed by atoms with Crippen LogP contribution >= 0.6 is 0 Å². The van der Waals surface area contributed by atoms with E-state index in [0.29, 0.717) is 23.5 Å².